The Hall–Kier alpha value is -1.69. The van der Waals surface area contributed by atoms with Crippen LogP contribution in [0.25, 0.3) is 0 Å². The quantitative estimate of drug-likeness (QED) is 0.649. The van der Waals surface area contributed by atoms with Crippen molar-refractivity contribution in [2.45, 2.75) is 26.8 Å². The molecule has 3 N–H and O–H groups in total. The van der Waals surface area contributed by atoms with Crippen molar-refractivity contribution in [2.24, 2.45) is 5.73 Å². The Balaban J connectivity index is 2.59. The van der Waals surface area contributed by atoms with Gasteiger partial charge in [-0.25, -0.2) is 9.97 Å². The number of carbonyl (C=O) groups excluding carboxylic acids is 1. The average molecular weight is 251 g/mol. The molecule has 0 aromatic carbocycles. The highest BCUT2D eigenvalue weighted by Crippen LogP contribution is 2.06. The van der Waals surface area contributed by atoms with Crippen molar-refractivity contribution < 1.29 is 4.79 Å². The number of nitrogens with two attached hydrogens (primary N) is 1. The number of amides is 1. The second-order valence-corrected chi connectivity index (χ2v) is 4.05. The Morgan fingerprint density at radius 1 is 1.39 bits per heavy atom. The van der Waals surface area contributed by atoms with Crippen LogP contribution in [0.1, 0.15) is 25.8 Å². The topological polar surface area (TPSA) is 84.1 Å². The fourth-order valence-corrected chi connectivity index (χ4v) is 1.52. The first-order chi connectivity index (χ1) is 8.67. The lowest BCUT2D eigenvalue weighted by atomic mass is 10.3. The van der Waals surface area contributed by atoms with E-state index < -0.39 is 0 Å². The number of aromatic nitrogens is 2. The highest BCUT2D eigenvalue weighted by molar-refractivity contribution is 5.78. The van der Waals surface area contributed by atoms with Crippen molar-refractivity contribution in [3.63, 3.8) is 0 Å². The largest absolute Gasteiger partial charge is 0.368 e. The van der Waals surface area contributed by atoms with E-state index in [1.807, 2.05) is 6.92 Å². The smallest absolute Gasteiger partial charge is 0.237 e. The molecule has 0 fully saturated rings. The molecule has 0 radical (unpaired) electrons. The zero-order valence-corrected chi connectivity index (χ0v) is 11.0. The van der Waals surface area contributed by atoms with Crippen molar-refractivity contribution in [3.8, 4) is 0 Å². The molecule has 1 heterocycles. The molecule has 6 nitrogen and oxygen atoms in total. The lowest BCUT2D eigenvalue weighted by Crippen LogP contribution is -2.34. The molecule has 1 rings (SSSR count). The molecular formula is C12H21N5O. The number of hydrogen-bond acceptors (Lipinski definition) is 5. The summed E-state index contributed by atoms with van der Waals surface area (Å²) in [5.74, 6) is 0.157. The predicted octanol–water partition coefficient (Wildman–Crippen LogP) is 0.288. The minimum absolute atomic E-state index is 0.143. The number of anilines is 1. The van der Waals surface area contributed by atoms with Crippen LogP contribution < -0.4 is 16.0 Å². The summed E-state index contributed by atoms with van der Waals surface area (Å²) in [6.45, 7) is 6.58. The average Bonchev–Trinajstić information content (AvgIpc) is 2.37. The Bertz CT molecular complexity index is 365. The molecule has 0 aliphatic heterocycles. The van der Waals surface area contributed by atoms with Gasteiger partial charge in [0.25, 0.3) is 0 Å². The molecule has 0 bridgehead atoms. The molecule has 1 aromatic heterocycles. The maximum absolute atomic E-state index is 10.9. The van der Waals surface area contributed by atoms with Crippen LogP contribution in [0.3, 0.4) is 0 Å². The third kappa shape index (κ3) is 4.67. The SMILES string of the molecule is CCCNCc1cnc(N(CC)CC(N)=O)nc1. The first-order valence-corrected chi connectivity index (χ1v) is 6.22. The van der Waals surface area contributed by atoms with Gasteiger partial charge in [0, 0.05) is 31.0 Å². The van der Waals surface area contributed by atoms with Crippen LogP contribution in [-0.4, -0.2) is 35.5 Å². The normalized spacial score (nSPS) is 10.3. The van der Waals surface area contributed by atoms with Gasteiger partial charge in [-0.05, 0) is 19.9 Å². The summed E-state index contributed by atoms with van der Waals surface area (Å²) in [4.78, 5) is 21.1. The minimum atomic E-state index is -0.380. The van der Waals surface area contributed by atoms with Crippen LogP contribution in [0.15, 0.2) is 12.4 Å². The zero-order valence-electron chi connectivity index (χ0n) is 11.0. The van der Waals surface area contributed by atoms with E-state index in [2.05, 4.69) is 22.2 Å². The minimum Gasteiger partial charge on any atom is -0.368 e. The molecule has 0 spiro atoms. The van der Waals surface area contributed by atoms with Gasteiger partial charge < -0.3 is 16.0 Å². The number of hydrogen-bond donors (Lipinski definition) is 2. The molecule has 0 aliphatic rings. The van der Waals surface area contributed by atoms with E-state index in [1.165, 1.54) is 0 Å². The Morgan fingerprint density at radius 2 is 2.06 bits per heavy atom. The van der Waals surface area contributed by atoms with Gasteiger partial charge in [-0.2, -0.15) is 0 Å². The highest BCUT2D eigenvalue weighted by atomic mass is 16.1. The summed E-state index contributed by atoms with van der Waals surface area (Å²) in [7, 11) is 0. The molecule has 0 saturated carbocycles. The third-order valence-electron chi connectivity index (χ3n) is 2.46. The van der Waals surface area contributed by atoms with Crippen molar-refractivity contribution in [1.29, 1.82) is 0 Å². The van der Waals surface area contributed by atoms with E-state index in [4.69, 9.17) is 5.73 Å². The summed E-state index contributed by atoms with van der Waals surface area (Å²) in [5.41, 5.74) is 6.20. The number of nitrogens with zero attached hydrogens (tertiary/aromatic N) is 3. The Labute approximate surface area is 108 Å². The number of rotatable bonds is 8. The van der Waals surface area contributed by atoms with Crippen LogP contribution in [0.2, 0.25) is 0 Å². The molecule has 18 heavy (non-hydrogen) atoms. The van der Waals surface area contributed by atoms with Gasteiger partial charge in [-0.1, -0.05) is 6.92 Å². The molecule has 0 atom stereocenters. The predicted molar refractivity (Wildman–Crippen MR) is 71.1 cm³/mol. The number of carbonyl (C=O) groups is 1. The van der Waals surface area contributed by atoms with Gasteiger partial charge in [-0.3, -0.25) is 4.79 Å². The van der Waals surface area contributed by atoms with Crippen molar-refractivity contribution in [1.82, 2.24) is 15.3 Å². The number of nitrogens with one attached hydrogen (secondary N) is 1. The summed E-state index contributed by atoms with van der Waals surface area (Å²) >= 11 is 0. The maximum atomic E-state index is 10.9. The first-order valence-electron chi connectivity index (χ1n) is 6.22. The summed E-state index contributed by atoms with van der Waals surface area (Å²) in [6, 6.07) is 0. The summed E-state index contributed by atoms with van der Waals surface area (Å²) in [5, 5.41) is 3.28. The van der Waals surface area contributed by atoms with Crippen molar-refractivity contribution in [2.75, 3.05) is 24.5 Å². The van der Waals surface area contributed by atoms with E-state index in [-0.39, 0.29) is 12.5 Å². The van der Waals surface area contributed by atoms with Crippen LogP contribution >= 0.6 is 0 Å². The number of likely N-dealkylation sites (N-methyl/N-ethyl adjacent to an activating group) is 1. The molecule has 6 heteroatoms. The van der Waals surface area contributed by atoms with E-state index in [1.54, 1.807) is 17.3 Å². The van der Waals surface area contributed by atoms with Gasteiger partial charge in [0.15, 0.2) is 0 Å². The van der Waals surface area contributed by atoms with E-state index in [9.17, 15) is 4.79 Å². The second-order valence-electron chi connectivity index (χ2n) is 4.05. The van der Waals surface area contributed by atoms with Gasteiger partial charge >= 0.3 is 0 Å². The second kappa shape index (κ2) is 7.60. The van der Waals surface area contributed by atoms with Crippen LogP contribution in [0, 0.1) is 0 Å². The Kier molecular flexibility index (Phi) is 6.07. The molecule has 0 saturated heterocycles. The van der Waals surface area contributed by atoms with Crippen LogP contribution in [0.4, 0.5) is 5.95 Å². The lowest BCUT2D eigenvalue weighted by molar-refractivity contribution is -0.116. The molecule has 0 unspecified atom stereocenters. The van der Waals surface area contributed by atoms with E-state index in [0.717, 1.165) is 25.1 Å². The fraction of sp³-hybridized carbons (Fsp3) is 0.583. The monoisotopic (exact) mass is 251 g/mol. The summed E-state index contributed by atoms with van der Waals surface area (Å²) in [6.07, 6.45) is 4.64. The van der Waals surface area contributed by atoms with Gasteiger partial charge in [0.1, 0.15) is 0 Å². The van der Waals surface area contributed by atoms with Crippen LogP contribution in [-0.2, 0) is 11.3 Å². The van der Waals surface area contributed by atoms with Gasteiger partial charge in [0.05, 0.1) is 6.54 Å². The molecule has 1 amide bonds. The lowest BCUT2D eigenvalue weighted by Gasteiger charge is -2.18. The molecular weight excluding hydrogens is 230 g/mol. The fourth-order valence-electron chi connectivity index (χ4n) is 1.52. The van der Waals surface area contributed by atoms with Crippen molar-refractivity contribution in [3.05, 3.63) is 18.0 Å². The van der Waals surface area contributed by atoms with Gasteiger partial charge in [-0.15, -0.1) is 0 Å². The molecule has 0 aliphatic carbocycles. The maximum Gasteiger partial charge on any atom is 0.237 e. The van der Waals surface area contributed by atoms with Gasteiger partial charge in [0.2, 0.25) is 11.9 Å². The van der Waals surface area contributed by atoms with E-state index >= 15 is 0 Å². The molecule has 100 valence electrons. The van der Waals surface area contributed by atoms with E-state index in [0.29, 0.717) is 12.5 Å². The third-order valence-corrected chi connectivity index (χ3v) is 2.46. The Morgan fingerprint density at radius 3 is 2.56 bits per heavy atom. The van der Waals surface area contributed by atoms with Crippen molar-refractivity contribution >= 4 is 11.9 Å². The highest BCUT2D eigenvalue weighted by Gasteiger charge is 2.09. The van der Waals surface area contributed by atoms with Crippen LogP contribution in [0.5, 0.6) is 0 Å². The first kappa shape index (κ1) is 14.4. The standard InChI is InChI=1S/C12H21N5O/c1-3-5-14-6-10-7-15-12(16-8-10)17(4-2)9-11(13)18/h7-8,14H,3-6,9H2,1-2H3,(H2,13,18). The number of primary amides is 1. The molecule has 1 aromatic rings. The summed E-state index contributed by atoms with van der Waals surface area (Å²) < 4.78 is 0. The zero-order chi connectivity index (χ0) is 13.4.